The molecule has 0 radical (unpaired) electrons. The highest BCUT2D eigenvalue weighted by atomic mass is 32.2. The minimum absolute atomic E-state index is 0.00344. The SMILES string of the molecule is O=C(O)NS(=O)(=O)c1cc(NC(=O)c2cc(-c3ccccc3)cnc2N2CCC(F)(F)CC2)ccn1. The lowest BCUT2D eigenvalue weighted by atomic mass is 10.0. The predicted octanol–water partition coefficient (Wildman–Crippen LogP) is 3.59. The molecular weight excluding hydrogens is 496 g/mol. The van der Waals surface area contributed by atoms with Crippen LogP contribution in [0.1, 0.15) is 23.2 Å². The number of benzene rings is 1. The number of rotatable bonds is 6. The first-order valence-electron chi connectivity index (χ1n) is 10.8. The average molecular weight is 518 g/mol. The van der Waals surface area contributed by atoms with E-state index in [9.17, 15) is 26.8 Å². The Morgan fingerprint density at radius 2 is 1.69 bits per heavy atom. The summed E-state index contributed by atoms with van der Waals surface area (Å²) in [7, 11) is -4.47. The van der Waals surface area contributed by atoms with Gasteiger partial charge >= 0.3 is 6.09 Å². The summed E-state index contributed by atoms with van der Waals surface area (Å²) in [5, 5.41) is 10.7. The van der Waals surface area contributed by atoms with Gasteiger partial charge in [-0.15, -0.1) is 0 Å². The first-order valence-corrected chi connectivity index (χ1v) is 12.2. The third-order valence-electron chi connectivity index (χ3n) is 5.50. The number of hydrogen-bond acceptors (Lipinski definition) is 7. The number of carbonyl (C=O) groups excluding carboxylic acids is 1. The van der Waals surface area contributed by atoms with Crippen LogP contribution in [0, 0.1) is 0 Å². The molecule has 36 heavy (non-hydrogen) atoms. The highest BCUT2D eigenvalue weighted by molar-refractivity contribution is 7.90. The molecule has 0 bridgehead atoms. The number of alkyl halides is 2. The summed E-state index contributed by atoms with van der Waals surface area (Å²) in [6.45, 7) is 0.00689. The number of amides is 2. The summed E-state index contributed by atoms with van der Waals surface area (Å²) in [6, 6.07) is 13.0. The molecule has 1 fully saturated rings. The van der Waals surface area contributed by atoms with E-state index in [0.717, 1.165) is 17.8 Å². The van der Waals surface area contributed by atoms with Gasteiger partial charge in [0.1, 0.15) is 5.82 Å². The Morgan fingerprint density at radius 3 is 2.36 bits per heavy atom. The maximum Gasteiger partial charge on any atom is 0.418 e. The molecule has 3 heterocycles. The third kappa shape index (κ3) is 5.74. The fourth-order valence-electron chi connectivity index (χ4n) is 3.71. The smallest absolute Gasteiger partial charge is 0.418 e. The molecule has 1 aliphatic heterocycles. The van der Waals surface area contributed by atoms with Crippen LogP contribution in [0.15, 0.2) is 66.0 Å². The number of hydrogen-bond donors (Lipinski definition) is 3. The van der Waals surface area contributed by atoms with E-state index in [1.807, 2.05) is 30.3 Å². The van der Waals surface area contributed by atoms with E-state index in [-0.39, 0.29) is 43.0 Å². The molecule has 0 spiro atoms. The van der Waals surface area contributed by atoms with Crippen molar-refractivity contribution in [2.75, 3.05) is 23.3 Å². The molecule has 13 heteroatoms. The zero-order valence-corrected chi connectivity index (χ0v) is 19.5. The Labute approximate surface area is 205 Å². The van der Waals surface area contributed by atoms with Gasteiger partial charge in [-0.3, -0.25) is 4.79 Å². The Hall–Kier alpha value is -4.13. The van der Waals surface area contributed by atoms with Crippen LogP contribution in [0.4, 0.5) is 25.1 Å². The van der Waals surface area contributed by atoms with Crippen molar-refractivity contribution in [3.05, 3.63) is 66.5 Å². The number of halogens is 2. The summed E-state index contributed by atoms with van der Waals surface area (Å²) in [6.07, 6.45) is 0.115. The van der Waals surface area contributed by atoms with Crippen LogP contribution in [0.3, 0.4) is 0 Å². The monoisotopic (exact) mass is 517 g/mol. The molecule has 1 saturated heterocycles. The predicted molar refractivity (Wildman–Crippen MR) is 127 cm³/mol. The Balaban J connectivity index is 1.68. The largest absolute Gasteiger partial charge is 0.464 e. The van der Waals surface area contributed by atoms with Crippen molar-refractivity contribution in [3.63, 3.8) is 0 Å². The lowest BCUT2D eigenvalue weighted by Gasteiger charge is -2.33. The molecule has 0 unspecified atom stereocenters. The van der Waals surface area contributed by atoms with Crippen LogP contribution >= 0.6 is 0 Å². The highest BCUT2D eigenvalue weighted by Gasteiger charge is 2.35. The van der Waals surface area contributed by atoms with E-state index < -0.39 is 33.0 Å². The molecule has 1 aromatic carbocycles. The number of pyridine rings is 2. The van der Waals surface area contributed by atoms with E-state index in [4.69, 9.17) is 5.11 Å². The lowest BCUT2D eigenvalue weighted by molar-refractivity contribution is -0.0221. The second-order valence-electron chi connectivity index (χ2n) is 8.05. The van der Waals surface area contributed by atoms with Gasteiger partial charge in [0.05, 0.1) is 5.56 Å². The van der Waals surface area contributed by atoms with E-state index in [2.05, 4.69) is 15.3 Å². The van der Waals surface area contributed by atoms with Gasteiger partial charge in [0, 0.05) is 55.6 Å². The number of nitrogens with zero attached hydrogens (tertiary/aromatic N) is 3. The average Bonchev–Trinajstić information content (AvgIpc) is 2.84. The van der Waals surface area contributed by atoms with Gasteiger partial charge < -0.3 is 15.3 Å². The second-order valence-corrected chi connectivity index (χ2v) is 9.68. The van der Waals surface area contributed by atoms with Crippen molar-refractivity contribution in [3.8, 4) is 11.1 Å². The fourth-order valence-corrected chi connectivity index (χ4v) is 4.53. The molecule has 3 aromatic rings. The van der Waals surface area contributed by atoms with Crippen molar-refractivity contribution >= 4 is 33.5 Å². The van der Waals surface area contributed by atoms with Crippen LogP contribution in [-0.2, 0) is 10.0 Å². The van der Waals surface area contributed by atoms with Gasteiger partial charge in [-0.25, -0.2) is 28.3 Å². The van der Waals surface area contributed by atoms with E-state index >= 15 is 0 Å². The van der Waals surface area contributed by atoms with Gasteiger partial charge in [0.2, 0.25) is 0 Å². The maximum absolute atomic E-state index is 13.7. The number of anilines is 2. The van der Waals surface area contributed by atoms with Crippen molar-refractivity contribution in [1.29, 1.82) is 0 Å². The molecule has 2 aromatic heterocycles. The minimum Gasteiger partial charge on any atom is -0.464 e. The molecule has 3 N–H and O–H groups in total. The number of carbonyl (C=O) groups is 2. The van der Waals surface area contributed by atoms with E-state index in [0.29, 0.717) is 5.56 Å². The van der Waals surface area contributed by atoms with Crippen molar-refractivity contribution in [1.82, 2.24) is 14.7 Å². The number of carboxylic acid groups (broad SMARTS) is 1. The van der Waals surface area contributed by atoms with Crippen LogP contribution in [0.2, 0.25) is 0 Å². The van der Waals surface area contributed by atoms with Crippen molar-refractivity contribution < 1.29 is 31.9 Å². The molecular formula is C23H21F2N5O5S. The maximum atomic E-state index is 13.7. The van der Waals surface area contributed by atoms with Crippen LogP contribution in [0.5, 0.6) is 0 Å². The highest BCUT2D eigenvalue weighted by Crippen LogP contribution is 2.33. The normalized spacial score (nSPS) is 15.2. The summed E-state index contributed by atoms with van der Waals surface area (Å²) in [5.41, 5.74) is 1.54. The van der Waals surface area contributed by atoms with Gasteiger partial charge in [-0.1, -0.05) is 30.3 Å². The number of aromatic nitrogens is 2. The zero-order valence-electron chi connectivity index (χ0n) is 18.7. The van der Waals surface area contributed by atoms with Crippen molar-refractivity contribution in [2.24, 2.45) is 0 Å². The minimum atomic E-state index is -4.47. The van der Waals surface area contributed by atoms with Crippen molar-refractivity contribution in [2.45, 2.75) is 23.8 Å². The molecule has 4 rings (SSSR count). The third-order valence-corrected chi connectivity index (χ3v) is 6.72. The standard InChI is InChI=1S/C23H21F2N5O5S/c24-23(25)7-10-30(11-8-23)20-18(12-16(14-27-20)15-4-2-1-3-5-15)21(31)28-17-6-9-26-19(13-17)36(34,35)29-22(32)33/h1-6,9,12-14,29H,7-8,10-11H2,(H,32,33)(H,26,28,31). The summed E-state index contributed by atoms with van der Waals surface area (Å²) >= 11 is 0. The quantitative estimate of drug-likeness (QED) is 0.451. The van der Waals surface area contributed by atoms with E-state index in [1.54, 1.807) is 17.2 Å². The Kier molecular flexibility index (Phi) is 6.84. The summed E-state index contributed by atoms with van der Waals surface area (Å²) < 4.78 is 53.0. The van der Waals surface area contributed by atoms with Crippen LogP contribution in [0.25, 0.3) is 11.1 Å². The Morgan fingerprint density at radius 1 is 1.00 bits per heavy atom. The number of sulfonamides is 1. The Bertz CT molecular complexity index is 1390. The molecule has 2 amide bonds. The summed E-state index contributed by atoms with van der Waals surface area (Å²) in [4.78, 5) is 33.8. The molecule has 0 aliphatic carbocycles. The lowest BCUT2D eigenvalue weighted by Crippen LogP contribution is -2.40. The molecule has 1 aliphatic rings. The molecule has 10 nitrogen and oxygen atoms in total. The topological polar surface area (TPSA) is 142 Å². The van der Waals surface area contributed by atoms with Gasteiger partial charge in [-0.05, 0) is 17.7 Å². The van der Waals surface area contributed by atoms with Crippen LogP contribution in [-0.4, -0.2) is 54.5 Å². The van der Waals surface area contributed by atoms with E-state index in [1.165, 1.54) is 10.8 Å². The number of piperidine rings is 1. The fraction of sp³-hybridized carbons (Fsp3) is 0.217. The number of nitrogens with one attached hydrogen (secondary N) is 2. The molecule has 0 atom stereocenters. The van der Waals surface area contributed by atoms with Gasteiger partial charge in [-0.2, -0.15) is 8.42 Å². The first-order chi connectivity index (χ1) is 17.0. The van der Waals surface area contributed by atoms with Gasteiger partial charge in [0.25, 0.3) is 21.9 Å². The molecule has 188 valence electrons. The zero-order chi connectivity index (χ0) is 25.9. The van der Waals surface area contributed by atoms with Crippen LogP contribution < -0.4 is 14.9 Å². The first kappa shape index (κ1) is 25.0. The summed E-state index contributed by atoms with van der Waals surface area (Å²) in [5.74, 6) is -3.23. The molecule has 0 saturated carbocycles. The van der Waals surface area contributed by atoms with Gasteiger partial charge in [0.15, 0.2) is 5.03 Å². The second kappa shape index (κ2) is 9.85.